The van der Waals surface area contributed by atoms with Crippen LogP contribution >= 0.6 is 11.3 Å². The molecule has 0 unspecified atom stereocenters. The predicted octanol–water partition coefficient (Wildman–Crippen LogP) is 1.81. The van der Waals surface area contributed by atoms with Crippen molar-refractivity contribution in [2.24, 2.45) is 5.73 Å². The maximum atomic E-state index is 12.3. The molecule has 2 rings (SSSR count). The molecule has 6 nitrogen and oxygen atoms in total. The van der Waals surface area contributed by atoms with Crippen LogP contribution in [0.25, 0.3) is 0 Å². The van der Waals surface area contributed by atoms with Crippen LogP contribution in [-0.4, -0.2) is 26.5 Å². The molecule has 0 fully saturated rings. The summed E-state index contributed by atoms with van der Waals surface area (Å²) in [5, 5.41) is 4.55. The van der Waals surface area contributed by atoms with Crippen molar-refractivity contribution in [1.82, 2.24) is 0 Å². The van der Waals surface area contributed by atoms with Crippen molar-refractivity contribution in [3.05, 3.63) is 46.3 Å². The fourth-order valence-corrected chi connectivity index (χ4v) is 3.82. The van der Waals surface area contributed by atoms with Gasteiger partial charge in [0.2, 0.25) is 0 Å². The van der Waals surface area contributed by atoms with Crippen LogP contribution in [0.5, 0.6) is 0 Å². The highest BCUT2D eigenvalue weighted by Crippen LogP contribution is 2.28. The molecule has 0 bridgehead atoms. The highest BCUT2D eigenvalue weighted by atomic mass is 32.2. The van der Waals surface area contributed by atoms with Gasteiger partial charge in [0, 0.05) is 6.26 Å². The number of hydrogen-bond acceptors (Lipinski definition) is 5. The average molecular weight is 338 g/mol. The van der Waals surface area contributed by atoms with E-state index in [0.717, 1.165) is 17.6 Å². The molecule has 2 amide bonds. The van der Waals surface area contributed by atoms with Gasteiger partial charge < -0.3 is 11.1 Å². The van der Waals surface area contributed by atoms with Gasteiger partial charge in [0.25, 0.3) is 11.8 Å². The van der Waals surface area contributed by atoms with Crippen LogP contribution in [0.4, 0.5) is 5.00 Å². The zero-order chi connectivity index (χ0) is 16.5. The molecule has 0 saturated heterocycles. The highest BCUT2D eigenvalue weighted by Gasteiger charge is 2.21. The first-order chi connectivity index (χ1) is 10.2. The van der Waals surface area contributed by atoms with Gasteiger partial charge in [0.1, 0.15) is 5.00 Å². The second-order valence-electron chi connectivity index (χ2n) is 4.71. The molecule has 1 heterocycles. The van der Waals surface area contributed by atoms with Crippen molar-refractivity contribution < 1.29 is 18.0 Å². The third-order valence-electron chi connectivity index (χ3n) is 2.98. The summed E-state index contributed by atoms with van der Waals surface area (Å²) in [6, 6.07) is 5.88. The van der Waals surface area contributed by atoms with Gasteiger partial charge >= 0.3 is 0 Å². The molecule has 0 aliphatic rings. The molecule has 0 radical (unpaired) electrons. The standard InChI is InChI=1S/C14H14N2O4S2/c1-8-7-21-14(11(8)12(15)17)16-13(18)9-5-3-4-6-10(9)22(2,19)20/h3-7H,1-2H3,(H2,15,17)(H,16,18). The van der Waals surface area contributed by atoms with Gasteiger partial charge in [-0.1, -0.05) is 12.1 Å². The van der Waals surface area contributed by atoms with Gasteiger partial charge in [-0.15, -0.1) is 11.3 Å². The third kappa shape index (κ3) is 3.18. The molecular weight excluding hydrogens is 324 g/mol. The normalized spacial score (nSPS) is 11.2. The topological polar surface area (TPSA) is 106 Å². The molecule has 0 spiro atoms. The summed E-state index contributed by atoms with van der Waals surface area (Å²) < 4.78 is 23.5. The second-order valence-corrected chi connectivity index (χ2v) is 7.57. The summed E-state index contributed by atoms with van der Waals surface area (Å²) in [6.45, 7) is 1.71. The number of aryl methyl sites for hydroxylation is 1. The van der Waals surface area contributed by atoms with Gasteiger partial charge in [-0.3, -0.25) is 9.59 Å². The van der Waals surface area contributed by atoms with Crippen molar-refractivity contribution in [2.75, 3.05) is 11.6 Å². The van der Waals surface area contributed by atoms with E-state index in [2.05, 4.69) is 5.32 Å². The van der Waals surface area contributed by atoms with Gasteiger partial charge in [0.05, 0.1) is 16.0 Å². The molecule has 116 valence electrons. The zero-order valence-electron chi connectivity index (χ0n) is 11.9. The number of primary amides is 1. The number of sulfone groups is 1. The predicted molar refractivity (Wildman–Crippen MR) is 85.1 cm³/mol. The summed E-state index contributed by atoms with van der Waals surface area (Å²) in [6.07, 6.45) is 1.03. The van der Waals surface area contributed by atoms with E-state index >= 15 is 0 Å². The van der Waals surface area contributed by atoms with Crippen LogP contribution in [0.1, 0.15) is 26.3 Å². The van der Waals surface area contributed by atoms with E-state index in [-0.39, 0.29) is 16.0 Å². The quantitative estimate of drug-likeness (QED) is 0.886. The molecule has 0 aliphatic heterocycles. The minimum Gasteiger partial charge on any atom is -0.365 e. The van der Waals surface area contributed by atoms with Crippen molar-refractivity contribution in [3.63, 3.8) is 0 Å². The van der Waals surface area contributed by atoms with Crippen molar-refractivity contribution in [3.8, 4) is 0 Å². The van der Waals surface area contributed by atoms with E-state index in [9.17, 15) is 18.0 Å². The summed E-state index contributed by atoms with van der Waals surface area (Å²) in [4.78, 5) is 23.7. The number of hydrogen-bond donors (Lipinski definition) is 2. The Hall–Kier alpha value is -2.19. The van der Waals surface area contributed by atoms with E-state index in [0.29, 0.717) is 10.6 Å². The monoisotopic (exact) mass is 338 g/mol. The number of carbonyl (C=O) groups is 2. The lowest BCUT2D eigenvalue weighted by Crippen LogP contribution is -2.19. The first-order valence-electron chi connectivity index (χ1n) is 6.20. The van der Waals surface area contributed by atoms with Crippen LogP contribution in [0.15, 0.2) is 34.5 Å². The Labute approximate surface area is 131 Å². The molecule has 1 aromatic carbocycles. The van der Waals surface area contributed by atoms with Crippen molar-refractivity contribution >= 4 is 38.0 Å². The molecule has 2 aromatic rings. The minimum absolute atomic E-state index is 0.0199. The van der Waals surface area contributed by atoms with E-state index in [1.807, 2.05) is 0 Å². The number of thiophene rings is 1. The maximum absolute atomic E-state index is 12.3. The fraction of sp³-hybridized carbons (Fsp3) is 0.143. The average Bonchev–Trinajstić information content (AvgIpc) is 2.78. The first kappa shape index (κ1) is 16.2. The maximum Gasteiger partial charge on any atom is 0.257 e. The number of amides is 2. The highest BCUT2D eigenvalue weighted by molar-refractivity contribution is 7.90. The van der Waals surface area contributed by atoms with E-state index < -0.39 is 21.7 Å². The van der Waals surface area contributed by atoms with Gasteiger partial charge in [-0.05, 0) is 30.0 Å². The van der Waals surface area contributed by atoms with E-state index in [4.69, 9.17) is 5.73 Å². The number of rotatable bonds is 4. The van der Waals surface area contributed by atoms with Gasteiger partial charge in [-0.25, -0.2) is 8.42 Å². The Morgan fingerprint density at radius 1 is 1.23 bits per heavy atom. The molecule has 1 aromatic heterocycles. The summed E-state index contributed by atoms with van der Waals surface area (Å²) >= 11 is 1.16. The van der Waals surface area contributed by atoms with Crippen LogP contribution in [-0.2, 0) is 9.84 Å². The number of carbonyl (C=O) groups excluding carboxylic acids is 2. The fourth-order valence-electron chi connectivity index (χ4n) is 1.99. The van der Waals surface area contributed by atoms with Crippen molar-refractivity contribution in [1.29, 1.82) is 0 Å². The summed E-state index contributed by atoms with van der Waals surface area (Å²) in [7, 11) is -3.54. The molecule has 0 aliphatic carbocycles. The molecule has 3 N–H and O–H groups in total. The van der Waals surface area contributed by atoms with Crippen LogP contribution in [0, 0.1) is 6.92 Å². The smallest absolute Gasteiger partial charge is 0.257 e. The molecule has 22 heavy (non-hydrogen) atoms. The van der Waals surface area contributed by atoms with E-state index in [1.54, 1.807) is 18.4 Å². The number of nitrogens with two attached hydrogens (primary N) is 1. The second kappa shape index (κ2) is 5.90. The van der Waals surface area contributed by atoms with E-state index in [1.165, 1.54) is 18.2 Å². The lowest BCUT2D eigenvalue weighted by molar-refractivity contribution is 0.100. The van der Waals surface area contributed by atoms with Gasteiger partial charge in [0.15, 0.2) is 9.84 Å². The Bertz CT molecular complexity index is 853. The van der Waals surface area contributed by atoms with Gasteiger partial charge in [-0.2, -0.15) is 0 Å². The lowest BCUT2D eigenvalue weighted by Gasteiger charge is -2.09. The summed E-state index contributed by atoms with van der Waals surface area (Å²) in [5.74, 6) is -1.25. The van der Waals surface area contributed by atoms with Crippen LogP contribution in [0.3, 0.4) is 0 Å². The number of anilines is 1. The molecular formula is C14H14N2O4S2. The van der Waals surface area contributed by atoms with Crippen LogP contribution in [0.2, 0.25) is 0 Å². The van der Waals surface area contributed by atoms with Crippen LogP contribution < -0.4 is 11.1 Å². The zero-order valence-corrected chi connectivity index (χ0v) is 13.5. The molecule has 0 atom stereocenters. The lowest BCUT2D eigenvalue weighted by atomic mass is 10.2. The first-order valence-corrected chi connectivity index (χ1v) is 8.97. The Morgan fingerprint density at radius 3 is 2.45 bits per heavy atom. The third-order valence-corrected chi connectivity index (χ3v) is 5.15. The number of benzene rings is 1. The molecule has 0 saturated carbocycles. The summed E-state index contributed by atoms with van der Waals surface area (Å²) in [5.41, 5.74) is 6.20. The number of nitrogens with one attached hydrogen (secondary N) is 1. The largest absolute Gasteiger partial charge is 0.365 e. The Balaban J connectivity index is 2.42. The SMILES string of the molecule is Cc1csc(NC(=O)c2ccccc2S(C)(=O)=O)c1C(N)=O. The van der Waals surface area contributed by atoms with Crippen molar-refractivity contribution in [2.45, 2.75) is 11.8 Å². The Kier molecular flexibility index (Phi) is 4.34. The molecule has 8 heteroatoms. The Morgan fingerprint density at radius 2 is 1.86 bits per heavy atom. The minimum atomic E-state index is -3.54.